The van der Waals surface area contributed by atoms with Gasteiger partial charge in [0.25, 0.3) is 0 Å². The highest BCUT2D eigenvalue weighted by atomic mass is 32.2. The minimum Gasteiger partial charge on any atom is -0.395 e. The first-order valence-electron chi connectivity index (χ1n) is 4.24. The highest BCUT2D eigenvalue weighted by molar-refractivity contribution is 7.99. The monoisotopic (exact) mass is 192 g/mol. The van der Waals surface area contributed by atoms with Gasteiger partial charge in [0.1, 0.15) is 6.79 Å². The molecule has 1 aliphatic rings. The Hall–Kier alpha value is 0.230. The second kappa shape index (κ2) is 5.80. The highest BCUT2D eigenvalue weighted by Crippen LogP contribution is 2.16. The molecule has 4 heteroatoms. The third kappa shape index (κ3) is 3.76. The van der Waals surface area contributed by atoms with E-state index in [0.717, 1.165) is 18.8 Å². The Morgan fingerprint density at radius 2 is 2.50 bits per heavy atom. The van der Waals surface area contributed by atoms with Crippen LogP contribution in [0, 0.1) is 0 Å². The van der Waals surface area contributed by atoms with Crippen LogP contribution in [0.2, 0.25) is 0 Å². The van der Waals surface area contributed by atoms with Crippen LogP contribution in [0.1, 0.15) is 13.3 Å². The fraction of sp³-hybridized carbons (Fsp3) is 1.00. The lowest BCUT2D eigenvalue weighted by Gasteiger charge is -2.23. The summed E-state index contributed by atoms with van der Waals surface area (Å²) in [6.45, 7) is 3.50. The lowest BCUT2D eigenvalue weighted by atomic mass is 10.3. The standard InChI is InChI=1S/C8H16O3S/c1-7(4-9)12-5-8-2-3-10-6-11-8/h7-9H,2-6H2,1H3. The van der Waals surface area contributed by atoms with Gasteiger partial charge in [0, 0.05) is 11.0 Å². The van der Waals surface area contributed by atoms with Crippen molar-refractivity contribution in [1.29, 1.82) is 0 Å². The smallest absolute Gasteiger partial charge is 0.147 e. The van der Waals surface area contributed by atoms with Crippen LogP contribution in [0.3, 0.4) is 0 Å². The Labute approximate surface area is 77.4 Å². The van der Waals surface area contributed by atoms with Crippen LogP contribution in [0.5, 0.6) is 0 Å². The van der Waals surface area contributed by atoms with Crippen molar-refractivity contribution in [2.24, 2.45) is 0 Å². The fourth-order valence-electron chi connectivity index (χ4n) is 0.957. The average molecular weight is 192 g/mol. The molecule has 0 aliphatic carbocycles. The van der Waals surface area contributed by atoms with E-state index in [0.29, 0.717) is 18.1 Å². The van der Waals surface area contributed by atoms with E-state index in [1.165, 1.54) is 0 Å². The molecule has 0 aromatic heterocycles. The van der Waals surface area contributed by atoms with E-state index in [4.69, 9.17) is 14.6 Å². The molecule has 2 unspecified atom stereocenters. The van der Waals surface area contributed by atoms with Gasteiger partial charge < -0.3 is 14.6 Å². The van der Waals surface area contributed by atoms with E-state index < -0.39 is 0 Å². The van der Waals surface area contributed by atoms with Crippen molar-refractivity contribution < 1.29 is 14.6 Å². The topological polar surface area (TPSA) is 38.7 Å². The van der Waals surface area contributed by atoms with Gasteiger partial charge in [-0.1, -0.05) is 6.92 Å². The van der Waals surface area contributed by atoms with Gasteiger partial charge >= 0.3 is 0 Å². The van der Waals surface area contributed by atoms with Gasteiger partial charge in [0.2, 0.25) is 0 Å². The average Bonchev–Trinajstić information content (AvgIpc) is 2.16. The normalized spacial score (nSPS) is 27.0. The SMILES string of the molecule is CC(CO)SCC1CCOCO1. The van der Waals surface area contributed by atoms with Crippen molar-refractivity contribution in [2.45, 2.75) is 24.7 Å². The van der Waals surface area contributed by atoms with Crippen molar-refractivity contribution in [3.63, 3.8) is 0 Å². The first-order chi connectivity index (χ1) is 5.83. The Morgan fingerprint density at radius 1 is 1.67 bits per heavy atom. The zero-order chi connectivity index (χ0) is 8.81. The number of rotatable bonds is 4. The van der Waals surface area contributed by atoms with Crippen LogP contribution in [0.15, 0.2) is 0 Å². The molecule has 2 atom stereocenters. The van der Waals surface area contributed by atoms with Gasteiger partial charge in [-0.05, 0) is 6.42 Å². The zero-order valence-electron chi connectivity index (χ0n) is 7.36. The highest BCUT2D eigenvalue weighted by Gasteiger charge is 2.14. The maximum absolute atomic E-state index is 8.78. The van der Waals surface area contributed by atoms with Crippen molar-refractivity contribution in [3.05, 3.63) is 0 Å². The maximum atomic E-state index is 8.78. The molecule has 72 valence electrons. The summed E-state index contributed by atoms with van der Waals surface area (Å²) in [6.07, 6.45) is 1.29. The molecule has 0 spiro atoms. The largest absolute Gasteiger partial charge is 0.395 e. The van der Waals surface area contributed by atoms with E-state index in [1.54, 1.807) is 11.8 Å². The molecule has 0 bridgehead atoms. The van der Waals surface area contributed by atoms with Gasteiger partial charge in [-0.3, -0.25) is 0 Å². The van der Waals surface area contributed by atoms with Crippen molar-refractivity contribution >= 4 is 11.8 Å². The molecule has 0 aromatic carbocycles. The van der Waals surface area contributed by atoms with E-state index >= 15 is 0 Å². The Kier molecular flexibility index (Phi) is 4.99. The number of hydrogen-bond donors (Lipinski definition) is 1. The van der Waals surface area contributed by atoms with Crippen molar-refractivity contribution in [3.8, 4) is 0 Å². The quantitative estimate of drug-likeness (QED) is 0.717. The van der Waals surface area contributed by atoms with Crippen LogP contribution >= 0.6 is 11.8 Å². The Morgan fingerprint density at radius 3 is 3.08 bits per heavy atom. The maximum Gasteiger partial charge on any atom is 0.147 e. The summed E-state index contributed by atoms with van der Waals surface area (Å²) in [5.74, 6) is 0.963. The molecule has 1 saturated heterocycles. The summed E-state index contributed by atoms with van der Waals surface area (Å²) in [5, 5.41) is 9.09. The van der Waals surface area contributed by atoms with E-state index in [9.17, 15) is 0 Å². The summed E-state index contributed by atoms with van der Waals surface area (Å²) in [4.78, 5) is 0. The summed E-state index contributed by atoms with van der Waals surface area (Å²) in [5.41, 5.74) is 0. The van der Waals surface area contributed by atoms with Crippen molar-refractivity contribution in [2.75, 3.05) is 25.8 Å². The Bertz CT molecular complexity index is 115. The number of aliphatic hydroxyl groups is 1. The summed E-state index contributed by atoms with van der Waals surface area (Å²) in [7, 11) is 0. The summed E-state index contributed by atoms with van der Waals surface area (Å²) < 4.78 is 10.4. The molecule has 12 heavy (non-hydrogen) atoms. The molecule has 0 saturated carbocycles. The number of thioether (sulfide) groups is 1. The van der Waals surface area contributed by atoms with Gasteiger partial charge in [0.05, 0.1) is 19.3 Å². The number of ether oxygens (including phenoxy) is 2. The van der Waals surface area contributed by atoms with Crippen LogP contribution in [0.4, 0.5) is 0 Å². The zero-order valence-corrected chi connectivity index (χ0v) is 8.18. The molecule has 1 N–H and O–H groups in total. The summed E-state index contributed by atoms with van der Waals surface area (Å²) >= 11 is 1.75. The molecular formula is C8H16O3S. The molecule has 1 fully saturated rings. The number of hydrogen-bond acceptors (Lipinski definition) is 4. The molecule has 0 radical (unpaired) electrons. The minimum atomic E-state index is 0.244. The van der Waals surface area contributed by atoms with Crippen LogP contribution < -0.4 is 0 Å². The predicted octanol–water partition coefficient (Wildman–Crippen LogP) is 0.863. The van der Waals surface area contributed by atoms with Crippen molar-refractivity contribution in [1.82, 2.24) is 0 Å². The van der Waals surface area contributed by atoms with Gasteiger partial charge in [-0.15, -0.1) is 0 Å². The molecule has 0 amide bonds. The predicted molar refractivity (Wildman–Crippen MR) is 49.3 cm³/mol. The lowest BCUT2D eigenvalue weighted by molar-refractivity contribution is -0.130. The van der Waals surface area contributed by atoms with Gasteiger partial charge in [-0.25, -0.2) is 0 Å². The Balaban J connectivity index is 2.05. The summed E-state index contributed by atoms with van der Waals surface area (Å²) in [6, 6.07) is 0. The van der Waals surface area contributed by atoms with Gasteiger partial charge in [-0.2, -0.15) is 11.8 Å². The molecule has 1 aliphatic heterocycles. The second-order valence-electron chi connectivity index (χ2n) is 2.93. The fourth-order valence-corrected chi connectivity index (χ4v) is 1.87. The van der Waals surface area contributed by atoms with Crippen LogP contribution in [0.25, 0.3) is 0 Å². The van der Waals surface area contributed by atoms with Gasteiger partial charge in [0.15, 0.2) is 0 Å². The first kappa shape index (κ1) is 10.3. The van der Waals surface area contributed by atoms with E-state index in [1.807, 2.05) is 6.92 Å². The minimum absolute atomic E-state index is 0.244. The molecule has 3 nitrogen and oxygen atoms in total. The molecule has 1 heterocycles. The van der Waals surface area contributed by atoms with E-state index in [2.05, 4.69) is 0 Å². The molecule has 1 rings (SSSR count). The lowest BCUT2D eigenvalue weighted by Crippen LogP contribution is -2.26. The third-order valence-corrected chi connectivity index (χ3v) is 3.08. The molecule has 0 aromatic rings. The third-order valence-electron chi connectivity index (χ3n) is 1.79. The van der Waals surface area contributed by atoms with Crippen LogP contribution in [-0.4, -0.2) is 42.2 Å². The molecular weight excluding hydrogens is 176 g/mol. The van der Waals surface area contributed by atoms with Crippen LogP contribution in [-0.2, 0) is 9.47 Å². The first-order valence-corrected chi connectivity index (χ1v) is 5.29. The second-order valence-corrected chi connectivity index (χ2v) is 4.40. The van der Waals surface area contributed by atoms with E-state index in [-0.39, 0.29) is 6.61 Å². The number of aliphatic hydroxyl groups excluding tert-OH is 1.